The Hall–Kier alpha value is -3.45. The first kappa shape index (κ1) is 20.8. The molecule has 0 amide bonds. The largest absolute Gasteiger partial charge is 0.493 e. The van der Waals surface area contributed by atoms with Crippen molar-refractivity contribution in [1.82, 2.24) is 9.97 Å². The number of aromatic nitrogens is 2. The van der Waals surface area contributed by atoms with Gasteiger partial charge in [0.15, 0.2) is 11.5 Å². The molecular weight excluding hydrogens is 412 g/mol. The van der Waals surface area contributed by atoms with E-state index in [9.17, 15) is 4.79 Å². The third kappa shape index (κ3) is 5.00. The molecule has 0 saturated carbocycles. The van der Waals surface area contributed by atoms with Crippen molar-refractivity contribution >= 4 is 28.2 Å². The summed E-state index contributed by atoms with van der Waals surface area (Å²) < 4.78 is 16.4. The molecule has 2 aromatic carbocycles. The summed E-state index contributed by atoms with van der Waals surface area (Å²) in [4.78, 5) is 21.2. The monoisotopic (exact) mass is 434 g/mol. The zero-order chi connectivity index (χ0) is 21.6. The molecule has 158 valence electrons. The maximum absolute atomic E-state index is 12.3. The lowest BCUT2D eigenvalue weighted by Crippen LogP contribution is -2.08. The smallest absolute Gasteiger partial charge is 0.310 e. The van der Waals surface area contributed by atoms with Crippen molar-refractivity contribution < 1.29 is 19.0 Å². The summed E-state index contributed by atoms with van der Waals surface area (Å²) in [5.41, 5.74) is 3.37. The molecule has 0 aliphatic heterocycles. The van der Waals surface area contributed by atoms with Gasteiger partial charge in [-0.15, -0.1) is 11.3 Å². The van der Waals surface area contributed by atoms with Crippen LogP contribution >= 0.6 is 11.3 Å². The molecule has 0 atom stereocenters. The average molecular weight is 435 g/mol. The molecule has 0 spiro atoms. The van der Waals surface area contributed by atoms with Crippen LogP contribution in [0.5, 0.6) is 11.5 Å². The number of benzene rings is 2. The molecule has 0 fully saturated rings. The SMILES string of the molecule is CCOc1ccc(-c2nc(COC(=O)Cc3ccc4cccnc4c3)cs2)cc1OC. The number of ether oxygens (including phenoxy) is 3. The molecule has 0 unspecified atom stereocenters. The standard InChI is InChI=1S/C24H22N2O4S/c1-3-29-21-9-8-18(13-22(21)28-2)24-26-19(15-31-24)14-30-23(27)12-16-6-7-17-5-4-10-25-20(17)11-16/h4-11,13,15H,3,12,14H2,1-2H3. The third-order valence-electron chi connectivity index (χ3n) is 4.66. The maximum atomic E-state index is 12.3. The highest BCUT2D eigenvalue weighted by molar-refractivity contribution is 7.13. The van der Waals surface area contributed by atoms with Crippen LogP contribution in [0.2, 0.25) is 0 Å². The Morgan fingerprint density at radius 3 is 2.84 bits per heavy atom. The Bertz CT molecular complexity index is 1210. The first-order valence-electron chi connectivity index (χ1n) is 9.91. The number of fused-ring (bicyclic) bond motifs is 1. The summed E-state index contributed by atoms with van der Waals surface area (Å²) in [6.45, 7) is 2.63. The molecule has 7 heteroatoms. The summed E-state index contributed by atoms with van der Waals surface area (Å²) in [5, 5.41) is 3.76. The molecular formula is C24H22N2O4S. The van der Waals surface area contributed by atoms with Crippen molar-refractivity contribution in [3.05, 3.63) is 71.4 Å². The van der Waals surface area contributed by atoms with Crippen LogP contribution in [0.1, 0.15) is 18.2 Å². The second-order valence-corrected chi connectivity index (χ2v) is 7.67. The van der Waals surface area contributed by atoms with E-state index in [0.717, 1.165) is 27.0 Å². The Balaban J connectivity index is 1.38. The fraction of sp³-hybridized carbons (Fsp3) is 0.208. The van der Waals surface area contributed by atoms with Crippen LogP contribution in [0.15, 0.2) is 60.1 Å². The van der Waals surface area contributed by atoms with E-state index in [2.05, 4.69) is 9.97 Å². The highest BCUT2D eigenvalue weighted by Crippen LogP contribution is 2.33. The van der Waals surface area contributed by atoms with Gasteiger partial charge in [0.05, 0.1) is 31.3 Å². The number of hydrogen-bond donors (Lipinski definition) is 0. The van der Waals surface area contributed by atoms with Crippen LogP contribution in [-0.2, 0) is 22.6 Å². The fourth-order valence-corrected chi connectivity index (χ4v) is 3.98. The number of esters is 1. The second kappa shape index (κ2) is 9.57. The number of thiazole rings is 1. The number of nitrogens with zero attached hydrogens (tertiary/aromatic N) is 2. The molecule has 0 radical (unpaired) electrons. The van der Waals surface area contributed by atoms with E-state index in [4.69, 9.17) is 14.2 Å². The molecule has 6 nitrogen and oxygen atoms in total. The van der Waals surface area contributed by atoms with E-state index in [1.807, 2.05) is 60.8 Å². The molecule has 0 aliphatic carbocycles. The lowest BCUT2D eigenvalue weighted by molar-refractivity contribution is -0.144. The molecule has 2 aromatic heterocycles. The van der Waals surface area contributed by atoms with Crippen molar-refractivity contribution in [1.29, 1.82) is 0 Å². The van der Waals surface area contributed by atoms with Gasteiger partial charge >= 0.3 is 5.97 Å². The average Bonchev–Trinajstić information content (AvgIpc) is 3.27. The molecule has 2 heterocycles. The molecule has 0 aliphatic rings. The van der Waals surface area contributed by atoms with E-state index in [1.54, 1.807) is 13.3 Å². The summed E-state index contributed by atoms with van der Waals surface area (Å²) in [5.74, 6) is 1.06. The number of carbonyl (C=O) groups excluding carboxylic acids is 1. The van der Waals surface area contributed by atoms with Crippen LogP contribution in [-0.4, -0.2) is 29.7 Å². The van der Waals surface area contributed by atoms with Crippen molar-refractivity contribution in [3.8, 4) is 22.1 Å². The number of carbonyl (C=O) groups is 1. The summed E-state index contributed by atoms with van der Waals surface area (Å²) in [6.07, 6.45) is 1.93. The van der Waals surface area contributed by atoms with Crippen molar-refractivity contribution in [3.63, 3.8) is 0 Å². The van der Waals surface area contributed by atoms with Gasteiger partial charge in [0, 0.05) is 22.5 Å². The highest BCUT2D eigenvalue weighted by atomic mass is 32.1. The van der Waals surface area contributed by atoms with Gasteiger partial charge in [-0.3, -0.25) is 9.78 Å². The maximum Gasteiger partial charge on any atom is 0.310 e. The van der Waals surface area contributed by atoms with Crippen molar-refractivity contribution in [2.45, 2.75) is 20.0 Å². The van der Waals surface area contributed by atoms with Crippen LogP contribution in [0.4, 0.5) is 0 Å². The van der Waals surface area contributed by atoms with Crippen molar-refractivity contribution in [2.24, 2.45) is 0 Å². The fourth-order valence-electron chi connectivity index (χ4n) is 3.18. The Labute approximate surface area is 184 Å². The van der Waals surface area contributed by atoms with Crippen LogP contribution < -0.4 is 9.47 Å². The van der Waals surface area contributed by atoms with Gasteiger partial charge in [0.2, 0.25) is 0 Å². The predicted molar refractivity (Wildman–Crippen MR) is 121 cm³/mol. The van der Waals surface area contributed by atoms with E-state index >= 15 is 0 Å². The van der Waals surface area contributed by atoms with E-state index in [0.29, 0.717) is 23.8 Å². The summed E-state index contributed by atoms with van der Waals surface area (Å²) in [6, 6.07) is 15.4. The topological polar surface area (TPSA) is 70.5 Å². The minimum Gasteiger partial charge on any atom is -0.493 e. The zero-order valence-corrected chi connectivity index (χ0v) is 18.1. The number of pyridine rings is 1. The van der Waals surface area contributed by atoms with Crippen LogP contribution in [0.3, 0.4) is 0 Å². The van der Waals surface area contributed by atoms with Gasteiger partial charge in [0.25, 0.3) is 0 Å². The molecule has 0 bridgehead atoms. The van der Waals surface area contributed by atoms with Gasteiger partial charge in [-0.05, 0) is 42.8 Å². The van der Waals surface area contributed by atoms with Gasteiger partial charge < -0.3 is 14.2 Å². The van der Waals surface area contributed by atoms with Crippen molar-refractivity contribution in [2.75, 3.05) is 13.7 Å². The highest BCUT2D eigenvalue weighted by Gasteiger charge is 2.12. The predicted octanol–water partition coefficient (Wildman–Crippen LogP) is 5.05. The number of hydrogen-bond acceptors (Lipinski definition) is 7. The zero-order valence-electron chi connectivity index (χ0n) is 17.3. The minimum atomic E-state index is -0.299. The van der Waals surface area contributed by atoms with Gasteiger partial charge in [-0.25, -0.2) is 4.98 Å². The lowest BCUT2D eigenvalue weighted by atomic mass is 10.1. The number of methoxy groups -OCH3 is 1. The van der Waals surface area contributed by atoms with E-state index < -0.39 is 0 Å². The molecule has 0 saturated heterocycles. The first-order chi connectivity index (χ1) is 15.2. The third-order valence-corrected chi connectivity index (χ3v) is 5.60. The Morgan fingerprint density at radius 2 is 2.00 bits per heavy atom. The summed E-state index contributed by atoms with van der Waals surface area (Å²) in [7, 11) is 1.61. The molecule has 4 rings (SSSR count). The Kier molecular flexibility index (Phi) is 6.43. The van der Waals surface area contributed by atoms with Gasteiger partial charge in [0.1, 0.15) is 11.6 Å². The Morgan fingerprint density at radius 1 is 1.10 bits per heavy atom. The first-order valence-corrected chi connectivity index (χ1v) is 10.8. The van der Waals surface area contributed by atoms with Gasteiger partial charge in [-0.2, -0.15) is 0 Å². The summed E-state index contributed by atoms with van der Waals surface area (Å²) >= 11 is 1.49. The normalized spacial score (nSPS) is 10.8. The molecule has 0 N–H and O–H groups in total. The number of rotatable bonds is 8. The van der Waals surface area contributed by atoms with Gasteiger partial charge in [-0.1, -0.05) is 18.2 Å². The van der Waals surface area contributed by atoms with E-state index in [-0.39, 0.29) is 19.0 Å². The second-order valence-electron chi connectivity index (χ2n) is 6.81. The van der Waals surface area contributed by atoms with Crippen LogP contribution in [0.25, 0.3) is 21.5 Å². The molecule has 4 aromatic rings. The minimum absolute atomic E-state index is 0.134. The van der Waals surface area contributed by atoms with E-state index in [1.165, 1.54) is 11.3 Å². The van der Waals surface area contributed by atoms with Crippen LogP contribution in [0, 0.1) is 0 Å². The lowest BCUT2D eigenvalue weighted by Gasteiger charge is -2.09. The molecule has 31 heavy (non-hydrogen) atoms. The quantitative estimate of drug-likeness (QED) is 0.361.